The molecular weight excluding hydrogens is 562 g/mol. The summed E-state index contributed by atoms with van der Waals surface area (Å²) in [6.45, 7) is 6.89. The van der Waals surface area contributed by atoms with Crippen LogP contribution in [0.1, 0.15) is 16.8 Å². The van der Waals surface area contributed by atoms with Crippen LogP contribution >= 0.6 is 0 Å². The topological polar surface area (TPSA) is 128 Å². The summed E-state index contributed by atoms with van der Waals surface area (Å²) in [5.41, 5.74) is 2.65. The highest BCUT2D eigenvalue weighted by atomic mass is 16.5. The highest BCUT2D eigenvalue weighted by Crippen LogP contribution is 2.24. The van der Waals surface area contributed by atoms with E-state index in [1.165, 1.54) is 0 Å². The quantitative estimate of drug-likeness (QED) is 0.417. The van der Waals surface area contributed by atoms with Crippen LogP contribution in [-0.4, -0.2) is 123 Å². The van der Waals surface area contributed by atoms with Gasteiger partial charge in [0.15, 0.2) is 5.82 Å². The average Bonchev–Trinajstić information content (AvgIpc) is 3.57. The lowest BCUT2D eigenvalue weighted by Crippen LogP contribution is -2.40. The highest BCUT2D eigenvalue weighted by Gasteiger charge is 2.28. The van der Waals surface area contributed by atoms with Crippen molar-refractivity contribution in [1.82, 2.24) is 24.8 Å². The first-order chi connectivity index (χ1) is 21.4. The summed E-state index contributed by atoms with van der Waals surface area (Å²) >= 11 is 0. The predicted molar refractivity (Wildman–Crippen MR) is 168 cm³/mol. The summed E-state index contributed by atoms with van der Waals surface area (Å²) in [5, 5.41) is 5.70. The zero-order valence-electron chi connectivity index (χ0n) is 25.2. The number of likely N-dealkylation sites (tertiary alicyclic amines) is 1. The van der Waals surface area contributed by atoms with E-state index in [0.717, 1.165) is 51.3 Å². The summed E-state index contributed by atoms with van der Waals surface area (Å²) < 4.78 is 11.0. The molecule has 1 atom stereocenters. The van der Waals surface area contributed by atoms with Crippen LogP contribution in [0.3, 0.4) is 0 Å². The van der Waals surface area contributed by atoms with Crippen molar-refractivity contribution in [3.05, 3.63) is 54.1 Å². The lowest BCUT2D eigenvalue weighted by atomic mass is 10.2. The summed E-state index contributed by atoms with van der Waals surface area (Å²) in [4.78, 5) is 48.3. The van der Waals surface area contributed by atoms with Crippen molar-refractivity contribution in [3.63, 3.8) is 0 Å². The van der Waals surface area contributed by atoms with Gasteiger partial charge in [-0.05, 0) is 69.0 Å². The van der Waals surface area contributed by atoms with Crippen LogP contribution in [-0.2, 0) is 9.47 Å². The maximum absolute atomic E-state index is 12.9. The molecule has 6 rings (SSSR count). The van der Waals surface area contributed by atoms with E-state index in [9.17, 15) is 9.59 Å². The Labute approximate surface area is 257 Å². The Hall–Kier alpha value is -4.33. The number of benzene rings is 2. The molecule has 2 N–H and O–H groups in total. The van der Waals surface area contributed by atoms with E-state index in [2.05, 4.69) is 25.3 Å². The number of aromatic nitrogens is 3. The maximum atomic E-state index is 12.9. The number of anilines is 4. The molecule has 2 aromatic carbocycles. The molecule has 0 bridgehead atoms. The Kier molecular flexibility index (Phi) is 9.15. The zero-order chi connectivity index (χ0) is 30.5. The highest BCUT2D eigenvalue weighted by molar-refractivity contribution is 6.00. The molecule has 13 heteroatoms. The number of morpholine rings is 2. The summed E-state index contributed by atoms with van der Waals surface area (Å²) in [7, 11) is 4.08. The molecule has 3 saturated heterocycles. The summed E-state index contributed by atoms with van der Waals surface area (Å²) in [6, 6.07) is 14.4. The van der Waals surface area contributed by atoms with Gasteiger partial charge in [0.25, 0.3) is 5.91 Å². The molecule has 0 spiro atoms. The Balaban J connectivity index is 1.09. The molecule has 44 heavy (non-hydrogen) atoms. The molecule has 0 radical (unpaired) electrons. The van der Waals surface area contributed by atoms with Crippen LogP contribution in [0, 0.1) is 0 Å². The molecule has 3 amide bonds. The van der Waals surface area contributed by atoms with Crippen molar-refractivity contribution in [1.29, 1.82) is 0 Å². The van der Waals surface area contributed by atoms with Gasteiger partial charge in [-0.3, -0.25) is 4.79 Å². The third kappa shape index (κ3) is 7.07. The summed E-state index contributed by atoms with van der Waals surface area (Å²) in [5.74, 6) is 1.84. The lowest BCUT2D eigenvalue weighted by molar-refractivity contribution is 0.0783. The average molecular weight is 602 g/mol. The van der Waals surface area contributed by atoms with E-state index < -0.39 is 0 Å². The van der Waals surface area contributed by atoms with Crippen LogP contribution in [0.4, 0.5) is 28.1 Å². The predicted octanol–water partition coefficient (Wildman–Crippen LogP) is 2.63. The third-order valence-electron chi connectivity index (χ3n) is 8.17. The molecule has 3 aliphatic heterocycles. The van der Waals surface area contributed by atoms with E-state index in [0.29, 0.717) is 67.1 Å². The standard InChI is InChI=1S/C31H39N9O4/c1-37(2)26-11-12-40(21-26)28(41)23-5-9-25(10-6-23)33-31(42)32-24-7-3-22(4-8-24)27-34-29(38-13-17-43-18-14-38)36-30(35-27)39-15-19-44-20-16-39/h3-10,26H,11-21H2,1-2H3,(H2,32,33,42). The maximum Gasteiger partial charge on any atom is 0.323 e. The van der Waals surface area contributed by atoms with Crippen molar-refractivity contribution in [2.75, 3.05) is 100 Å². The molecule has 1 unspecified atom stereocenters. The van der Waals surface area contributed by atoms with Gasteiger partial charge in [0.2, 0.25) is 11.9 Å². The minimum Gasteiger partial charge on any atom is -0.378 e. The molecule has 3 aromatic rings. The van der Waals surface area contributed by atoms with Crippen molar-refractivity contribution in [3.8, 4) is 11.4 Å². The van der Waals surface area contributed by atoms with Crippen LogP contribution in [0.15, 0.2) is 48.5 Å². The second kappa shape index (κ2) is 13.5. The number of nitrogens with zero attached hydrogens (tertiary/aromatic N) is 7. The Bertz CT molecular complexity index is 1400. The van der Waals surface area contributed by atoms with Gasteiger partial charge >= 0.3 is 6.03 Å². The van der Waals surface area contributed by atoms with Gasteiger partial charge in [-0.2, -0.15) is 15.0 Å². The molecule has 232 valence electrons. The molecular formula is C31H39N9O4. The van der Waals surface area contributed by atoms with E-state index in [4.69, 9.17) is 24.4 Å². The van der Waals surface area contributed by atoms with E-state index in [-0.39, 0.29) is 11.9 Å². The van der Waals surface area contributed by atoms with Crippen LogP contribution in [0.5, 0.6) is 0 Å². The van der Waals surface area contributed by atoms with Gasteiger partial charge < -0.3 is 39.7 Å². The first-order valence-electron chi connectivity index (χ1n) is 15.1. The normalized spacial score (nSPS) is 18.9. The summed E-state index contributed by atoms with van der Waals surface area (Å²) in [6.07, 6.45) is 0.972. The van der Waals surface area contributed by atoms with Crippen LogP contribution in [0.2, 0.25) is 0 Å². The van der Waals surface area contributed by atoms with Gasteiger partial charge in [0.1, 0.15) is 0 Å². The fraction of sp³-hybridized carbons (Fsp3) is 0.452. The largest absolute Gasteiger partial charge is 0.378 e. The van der Waals surface area contributed by atoms with E-state index >= 15 is 0 Å². The number of urea groups is 1. The fourth-order valence-electron chi connectivity index (χ4n) is 5.52. The minimum atomic E-state index is -0.380. The number of amides is 3. The number of nitrogens with one attached hydrogen (secondary N) is 2. The van der Waals surface area contributed by atoms with Crippen LogP contribution in [0.25, 0.3) is 11.4 Å². The number of ether oxygens (including phenoxy) is 2. The van der Waals surface area contributed by atoms with Crippen molar-refractivity contribution < 1.29 is 19.1 Å². The second-order valence-electron chi connectivity index (χ2n) is 11.3. The van der Waals surface area contributed by atoms with Gasteiger partial charge in [-0.1, -0.05) is 0 Å². The Morgan fingerprint density at radius 1 is 0.750 bits per heavy atom. The van der Waals surface area contributed by atoms with E-state index in [1.54, 1.807) is 24.3 Å². The SMILES string of the molecule is CN(C)C1CCN(C(=O)c2ccc(NC(=O)Nc3ccc(-c4nc(N5CCOCC5)nc(N5CCOCC5)n4)cc3)cc2)C1. The second-order valence-corrected chi connectivity index (χ2v) is 11.3. The molecule has 4 heterocycles. The van der Waals surface area contributed by atoms with Gasteiger partial charge in [0, 0.05) is 67.8 Å². The number of carbonyl (C=O) groups is 2. The molecule has 13 nitrogen and oxygen atoms in total. The number of hydrogen-bond donors (Lipinski definition) is 2. The molecule has 1 aromatic heterocycles. The van der Waals surface area contributed by atoms with Gasteiger partial charge in [-0.25, -0.2) is 4.79 Å². The number of likely N-dealkylation sites (N-methyl/N-ethyl adjacent to an activating group) is 1. The smallest absolute Gasteiger partial charge is 0.323 e. The number of rotatable bonds is 7. The van der Waals surface area contributed by atoms with Crippen LogP contribution < -0.4 is 20.4 Å². The van der Waals surface area contributed by atoms with E-state index in [1.807, 2.05) is 43.3 Å². The third-order valence-corrected chi connectivity index (χ3v) is 8.17. The molecule has 0 aliphatic carbocycles. The molecule has 3 aliphatic rings. The first-order valence-corrected chi connectivity index (χ1v) is 15.1. The van der Waals surface area contributed by atoms with Crippen molar-refractivity contribution in [2.24, 2.45) is 0 Å². The Morgan fingerprint density at radius 3 is 1.77 bits per heavy atom. The molecule has 3 fully saturated rings. The number of carbonyl (C=O) groups excluding carboxylic acids is 2. The van der Waals surface area contributed by atoms with Gasteiger partial charge in [0.05, 0.1) is 26.4 Å². The first kappa shape index (κ1) is 29.7. The minimum absolute atomic E-state index is 0.0118. The zero-order valence-corrected chi connectivity index (χ0v) is 25.2. The van der Waals surface area contributed by atoms with Gasteiger partial charge in [-0.15, -0.1) is 0 Å². The fourth-order valence-corrected chi connectivity index (χ4v) is 5.52. The van der Waals surface area contributed by atoms with Crippen molar-refractivity contribution >= 4 is 35.2 Å². The number of hydrogen-bond acceptors (Lipinski definition) is 10. The monoisotopic (exact) mass is 601 g/mol. The Morgan fingerprint density at radius 2 is 1.27 bits per heavy atom. The van der Waals surface area contributed by atoms with Crippen molar-refractivity contribution in [2.45, 2.75) is 12.5 Å². The molecule has 0 saturated carbocycles. The lowest BCUT2D eigenvalue weighted by Gasteiger charge is -2.30.